The number of methoxy groups -OCH3 is 4. The molecule has 2 heterocycles. The molecular formula is C29H31N3O6. The molecule has 9 nitrogen and oxygen atoms in total. The van der Waals surface area contributed by atoms with Gasteiger partial charge in [0.1, 0.15) is 0 Å². The highest BCUT2D eigenvalue weighted by atomic mass is 16.8. The molecule has 0 radical (unpaired) electrons. The Balaban J connectivity index is 1.56. The third kappa shape index (κ3) is 4.84. The van der Waals surface area contributed by atoms with Crippen LogP contribution in [-0.4, -0.2) is 45.0 Å². The van der Waals surface area contributed by atoms with Crippen LogP contribution in [0.15, 0.2) is 65.3 Å². The molecule has 0 saturated heterocycles. The van der Waals surface area contributed by atoms with Gasteiger partial charge in [-0.05, 0) is 58.7 Å². The van der Waals surface area contributed by atoms with Crippen LogP contribution in [0, 0.1) is 5.21 Å². The van der Waals surface area contributed by atoms with Crippen LogP contribution in [0.25, 0.3) is 11.3 Å². The van der Waals surface area contributed by atoms with E-state index < -0.39 is 0 Å². The number of hydrogen-bond donors (Lipinski definition) is 0. The lowest BCUT2D eigenvalue weighted by Gasteiger charge is -2.37. The first kappa shape index (κ1) is 25.4. The zero-order chi connectivity index (χ0) is 26.6. The molecule has 0 saturated carbocycles. The third-order valence-electron chi connectivity index (χ3n) is 7.09. The van der Waals surface area contributed by atoms with E-state index in [1.54, 1.807) is 28.4 Å². The van der Waals surface area contributed by atoms with E-state index in [0.29, 0.717) is 52.3 Å². The molecule has 0 N–H and O–H groups in total. The number of aromatic nitrogens is 2. The van der Waals surface area contributed by atoms with Crippen LogP contribution in [0.3, 0.4) is 0 Å². The Labute approximate surface area is 221 Å². The fourth-order valence-electron chi connectivity index (χ4n) is 5.15. The molecule has 38 heavy (non-hydrogen) atoms. The van der Waals surface area contributed by atoms with Crippen LogP contribution in [-0.2, 0) is 19.4 Å². The van der Waals surface area contributed by atoms with E-state index in [2.05, 4.69) is 16.1 Å². The summed E-state index contributed by atoms with van der Waals surface area (Å²) in [5, 5.41) is 16.8. The van der Waals surface area contributed by atoms with Crippen LogP contribution in [0.1, 0.15) is 28.4 Å². The maximum atomic E-state index is 12.7. The predicted molar refractivity (Wildman–Crippen MR) is 141 cm³/mol. The molecule has 1 unspecified atom stereocenters. The quantitative estimate of drug-likeness (QED) is 0.303. The van der Waals surface area contributed by atoms with E-state index in [-0.39, 0.29) is 6.04 Å². The summed E-state index contributed by atoms with van der Waals surface area (Å²) in [7, 11) is 6.53. The van der Waals surface area contributed by atoms with Crippen molar-refractivity contribution in [3.05, 3.63) is 88.3 Å². The molecule has 0 aliphatic carbocycles. The summed E-state index contributed by atoms with van der Waals surface area (Å²) >= 11 is 0. The van der Waals surface area contributed by atoms with Crippen molar-refractivity contribution in [2.24, 2.45) is 0 Å². The number of rotatable bonds is 9. The van der Waals surface area contributed by atoms with E-state index >= 15 is 0 Å². The number of ether oxygens (including phenoxy) is 4. The molecule has 0 bridgehead atoms. The summed E-state index contributed by atoms with van der Waals surface area (Å²) < 4.78 is 27.3. The van der Waals surface area contributed by atoms with Crippen LogP contribution >= 0.6 is 0 Å². The molecule has 1 aromatic heterocycles. The van der Waals surface area contributed by atoms with Crippen molar-refractivity contribution < 1.29 is 28.5 Å². The molecule has 4 aromatic rings. The van der Waals surface area contributed by atoms with Gasteiger partial charge in [-0.25, -0.2) is 0 Å². The van der Waals surface area contributed by atoms with Gasteiger partial charge in [0.25, 0.3) is 5.69 Å². The number of benzene rings is 3. The molecule has 198 valence electrons. The van der Waals surface area contributed by atoms with Crippen molar-refractivity contribution in [1.29, 1.82) is 0 Å². The second-order valence-electron chi connectivity index (χ2n) is 9.13. The van der Waals surface area contributed by atoms with E-state index in [1.165, 1.54) is 5.56 Å². The minimum Gasteiger partial charge on any atom is -0.493 e. The lowest BCUT2D eigenvalue weighted by Crippen LogP contribution is -2.40. The number of nitrogens with zero attached hydrogens (tertiary/aromatic N) is 3. The Kier molecular flexibility index (Phi) is 7.37. The number of hydrogen-bond acceptors (Lipinski definition) is 8. The first-order valence-corrected chi connectivity index (χ1v) is 12.4. The first-order valence-electron chi connectivity index (χ1n) is 12.4. The van der Waals surface area contributed by atoms with Crippen molar-refractivity contribution in [2.75, 3.05) is 35.0 Å². The fourth-order valence-corrected chi connectivity index (χ4v) is 5.15. The van der Waals surface area contributed by atoms with E-state index in [4.69, 9.17) is 23.6 Å². The van der Waals surface area contributed by atoms with Crippen LogP contribution < -0.4 is 23.9 Å². The fraction of sp³-hybridized carbons (Fsp3) is 0.310. The summed E-state index contributed by atoms with van der Waals surface area (Å²) in [6.07, 6.45) is 1.47. The lowest BCUT2D eigenvalue weighted by molar-refractivity contribution is -0.808. The summed E-state index contributed by atoms with van der Waals surface area (Å²) in [5.74, 6) is 2.71. The van der Waals surface area contributed by atoms with Gasteiger partial charge in [0.05, 0.1) is 35.0 Å². The maximum Gasteiger partial charge on any atom is 0.252 e. The van der Waals surface area contributed by atoms with Crippen LogP contribution in [0.2, 0.25) is 0 Å². The molecular weight excluding hydrogens is 486 g/mol. The smallest absolute Gasteiger partial charge is 0.252 e. The van der Waals surface area contributed by atoms with Crippen molar-refractivity contribution in [2.45, 2.75) is 25.4 Å². The Hall–Kier alpha value is -4.24. The maximum absolute atomic E-state index is 12.7. The summed E-state index contributed by atoms with van der Waals surface area (Å²) in [6.45, 7) is 1.10. The van der Waals surface area contributed by atoms with Gasteiger partial charge in [-0.15, -0.1) is 0 Å². The highest BCUT2D eigenvalue weighted by Gasteiger charge is 2.33. The van der Waals surface area contributed by atoms with Crippen molar-refractivity contribution in [3.8, 4) is 34.3 Å². The predicted octanol–water partition coefficient (Wildman–Crippen LogP) is 4.35. The zero-order valence-electron chi connectivity index (χ0n) is 22.0. The van der Waals surface area contributed by atoms with E-state index in [9.17, 15) is 5.21 Å². The van der Waals surface area contributed by atoms with Crippen molar-refractivity contribution >= 4 is 0 Å². The summed E-state index contributed by atoms with van der Waals surface area (Å²) in [4.78, 5) is 2.80. The van der Waals surface area contributed by atoms with Gasteiger partial charge in [-0.2, -0.15) is 0 Å². The molecule has 0 fully saturated rings. The van der Waals surface area contributed by atoms with Gasteiger partial charge in [-0.1, -0.05) is 36.4 Å². The second-order valence-corrected chi connectivity index (χ2v) is 9.13. The minimum absolute atomic E-state index is 0.0600. The Morgan fingerprint density at radius 2 is 1.58 bits per heavy atom. The Bertz CT molecular complexity index is 1410. The molecule has 9 heteroatoms. The molecule has 0 spiro atoms. The third-order valence-corrected chi connectivity index (χ3v) is 7.09. The molecule has 1 atom stereocenters. The molecule has 1 aliphatic rings. The van der Waals surface area contributed by atoms with Gasteiger partial charge in [0, 0.05) is 23.3 Å². The first-order chi connectivity index (χ1) is 18.6. The van der Waals surface area contributed by atoms with Gasteiger partial charge >= 0.3 is 0 Å². The standard InChI is InChI=1S/C29H31N3O6/c1-34-25-11-10-19(15-26(25)35-2)14-23-22-17-28(37-4)27(36-3)16-21(22)12-13-31(23)18-24-29(30-38-32(24)33)20-8-6-5-7-9-20/h5-11,15-17,23H,12-14,18H2,1-4H3. The Morgan fingerprint density at radius 1 is 0.895 bits per heavy atom. The normalized spacial score (nSPS) is 15.1. The average molecular weight is 518 g/mol. The lowest BCUT2D eigenvalue weighted by atomic mass is 9.87. The van der Waals surface area contributed by atoms with Crippen LogP contribution in [0.4, 0.5) is 0 Å². The molecule has 1 aliphatic heterocycles. The SMILES string of the molecule is COc1ccc(CC2c3cc(OC)c(OC)cc3CCN2Cc2c(-c3ccccc3)no[n+]2[O-])cc1OC. The van der Waals surface area contributed by atoms with Gasteiger partial charge in [-0.3, -0.25) is 9.53 Å². The highest BCUT2D eigenvalue weighted by Crippen LogP contribution is 2.41. The summed E-state index contributed by atoms with van der Waals surface area (Å²) in [6, 6.07) is 19.6. The molecule has 3 aromatic carbocycles. The highest BCUT2D eigenvalue weighted by molar-refractivity contribution is 5.59. The second kappa shape index (κ2) is 11.0. The van der Waals surface area contributed by atoms with Crippen molar-refractivity contribution in [3.63, 3.8) is 0 Å². The molecule has 5 rings (SSSR count). The topological polar surface area (TPSA) is 93.1 Å². The van der Waals surface area contributed by atoms with Gasteiger partial charge in [0.15, 0.2) is 23.0 Å². The van der Waals surface area contributed by atoms with E-state index in [0.717, 1.165) is 29.7 Å². The zero-order valence-corrected chi connectivity index (χ0v) is 22.0. The number of fused-ring (bicyclic) bond motifs is 1. The van der Waals surface area contributed by atoms with Crippen LogP contribution in [0.5, 0.6) is 23.0 Å². The van der Waals surface area contributed by atoms with Gasteiger partial charge in [0.2, 0.25) is 5.69 Å². The Morgan fingerprint density at radius 3 is 2.29 bits per heavy atom. The molecule has 0 amide bonds. The largest absolute Gasteiger partial charge is 0.493 e. The van der Waals surface area contributed by atoms with Crippen molar-refractivity contribution in [1.82, 2.24) is 10.1 Å². The average Bonchev–Trinajstić information content (AvgIpc) is 3.33. The summed E-state index contributed by atoms with van der Waals surface area (Å²) in [5.41, 5.74) is 5.23. The monoisotopic (exact) mass is 517 g/mol. The minimum atomic E-state index is -0.0600. The van der Waals surface area contributed by atoms with E-state index in [1.807, 2.05) is 54.6 Å². The van der Waals surface area contributed by atoms with Gasteiger partial charge < -0.3 is 24.2 Å².